The standard InChI is InChI=1S/C26H25BO2/c1-25(2)26(3,4)29-27(28-25)24-12-8-7-11-22(24)20-16-15-19-14-13-18-9-5-6-10-21(18)23(19)17-20/h5-17H,1-4H3. The van der Waals surface area contributed by atoms with E-state index in [1.165, 1.54) is 27.1 Å². The molecule has 0 atom stereocenters. The predicted molar refractivity (Wildman–Crippen MR) is 123 cm³/mol. The maximum Gasteiger partial charge on any atom is 0.495 e. The molecule has 1 aliphatic rings. The van der Waals surface area contributed by atoms with Gasteiger partial charge < -0.3 is 9.31 Å². The average Bonchev–Trinajstić information content (AvgIpc) is 2.94. The number of hydrogen-bond acceptors (Lipinski definition) is 2. The molecule has 29 heavy (non-hydrogen) atoms. The lowest BCUT2D eigenvalue weighted by atomic mass is 9.74. The van der Waals surface area contributed by atoms with Crippen molar-refractivity contribution in [2.75, 3.05) is 0 Å². The van der Waals surface area contributed by atoms with Gasteiger partial charge in [-0.1, -0.05) is 72.8 Å². The molecule has 1 saturated heterocycles. The summed E-state index contributed by atoms with van der Waals surface area (Å²) in [4.78, 5) is 0. The van der Waals surface area contributed by atoms with Gasteiger partial charge in [-0.25, -0.2) is 0 Å². The molecule has 0 radical (unpaired) electrons. The van der Waals surface area contributed by atoms with Crippen LogP contribution in [-0.4, -0.2) is 18.3 Å². The molecule has 0 N–H and O–H groups in total. The minimum Gasteiger partial charge on any atom is -0.399 e. The number of hydrogen-bond donors (Lipinski definition) is 0. The lowest BCUT2D eigenvalue weighted by Crippen LogP contribution is -2.41. The minimum absolute atomic E-state index is 0.357. The maximum atomic E-state index is 6.35. The van der Waals surface area contributed by atoms with Crippen LogP contribution in [0.5, 0.6) is 0 Å². The van der Waals surface area contributed by atoms with Crippen molar-refractivity contribution < 1.29 is 9.31 Å². The Morgan fingerprint density at radius 2 is 1.21 bits per heavy atom. The zero-order chi connectivity index (χ0) is 20.2. The molecule has 1 aliphatic heterocycles. The topological polar surface area (TPSA) is 18.5 Å². The van der Waals surface area contributed by atoms with Crippen molar-refractivity contribution in [3.8, 4) is 11.1 Å². The summed E-state index contributed by atoms with van der Waals surface area (Å²) in [6, 6.07) is 28.0. The van der Waals surface area contributed by atoms with E-state index < -0.39 is 0 Å². The highest BCUT2D eigenvalue weighted by Crippen LogP contribution is 2.37. The third-order valence-corrected chi connectivity index (χ3v) is 6.53. The van der Waals surface area contributed by atoms with Crippen molar-refractivity contribution in [1.82, 2.24) is 0 Å². The summed E-state index contributed by atoms with van der Waals surface area (Å²) < 4.78 is 12.7. The van der Waals surface area contributed by atoms with Gasteiger partial charge in [0, 0.05) is 0 Å². The van der Waals surface area contributed by atoms with Crippen LogP contribution in [0.25, 0.3) is 32.7 Å². The monoisotopic (exact) mass is 380 g/mol. The van der Waals surface area contributed by atoms with Gasteiger partial charge in [-0.05, 0) is 71.9 Å². The SMILES string of the molecule is CC1(C)OB(c2ccccc2-c2ccc3ccc4ccccc4c3c2)OC1(C)C. The Morgan fingerprint density at radius 3 is 1.97 bits per heavy atom. The van der Waals surface area contributed by atoms with E-state index in [1.54, 1.807) is 0 Å². The summed E-state index contributed by atoms with van der Waals surface area (Å²) in [5, 5.41) is 5.06. The van der Waals surface area contributed by atoms with Gasteiger partial charge in [0.15, 0.2) is 0 Å². The Bertz CT molecular complexity index is 1210. The molecule has 0 unspecified atom stereocenters. The third kappa shape index (κ3) is 2.97. The predicted octanol–water partition coefficient (Wildman–Crippen LogP) is 5.96. The smallest absolute Gasteiger partial charge is 0.399 e. The molecule has 0 spiro atoms. The highest BCUT2D eigenvalue weighted by atomic mass is 16.7. The van der Waals surface area contributed by atoms with E-state index in [-0.39, 0.29) is 18.3 Å². The summed E-state index contributed by atoms with van der Waals surface area (Å²) in [7, 11) is -0.376. The van der Waals surface area contributed by atoms with Gasteiger partial charge in [0.1, 0.15) is 0 Å². The van der Waals surface area contributed by atoms with E-state index in [0.717, 1.165) is 11.0 Å². The van der Waals surface area contributed by atoms with Crippen LogP contribution in [0.1, 0.15) is 27.7 Å². The van der Waals surface area contributed by atoms with Crippen molar-refractivity contribution in [1.29, 1.82) is 0 Å². The minimum atomic E-state index is -0.376. The van der Waals surface area contributed by atoms with Crippen molar-refractivity contribution >= 4 is 34.1 Å². The van der Waals surface area contributed by atoms with Crippen LogP contribution in [0.15, 0.2) is 78.9 Å². The number of fused-ring (bicyclic) bond motifs is 3. The van der Waals surface area contributed by atoms with Crippen LogP contribution < -0.4 is 5.46 Å². The summed E-state index contributed by atoms with van der Waals surface area (Å²) in [6.07, 6.45) is 0. The van der Waals surface area contributed by atoms with Gasteiger partial charge in [0.05, 0.1) is 11.2 Å². The van der Waals surface area contributed by atoms with Crippen molar-refractivity contribution in [3.63, 3.8) is 0 Å². The molecule has 0 bridgehead atoms. The molecule has 5 rings (SSSR count). The lowest BCUT2D eigenvalue weighted by Gasteiger charge is -2.32. The molecule has 0 saturated carbocycles. The fraction of sp³-hybridized carbons (Fsp3) is 0.231. The molecular weight excluding hydrogens is 355 g/mol. The summed E-state index contributed by atoms with van der Waals surface area (Å²) in [5.41, 5.74) is 2.69. The van der Waals surface area contributed by atoms with Crippen LogP contribution in [0.2, 0.25) is 0 Å². The molecule has 1 fully saturated rings. The highest BCUT2D eigenvalue weighted by molar-refractivity contribution is 6.63. The fourth-order valence-electron chi connectivity index (χ4n) is 4.11. The molecule has 0 aliphatic carbocycles. The van der Waals surface area contributed by atoms with Crippen LogP contribution in [0.4, 0.5) is 0 Å². The van der Waals surface area contributed by atoms with Gasteiger partial charge in [0.2, 0.25) is 0 Å². The van der Waals surface area contributed by atoms with Gasteiger partial charge in [-0.15, -0.1) is 0 Å². The molecule has 4 aromatic rings. The third-order valence-electron chi connectivity index (χ3n) is 6.53. The van der Waals surface area contributed by atoms with Gasteiger partial charge in [0.25, 0.3) is 0 Å². The molecule has 3 heteroatoms. The van der Waals surface area contributed by atoms with Gasteiger partial charge in [-0.3, -0.25) is 0 Å². The highest BCUT2D eigenvalue weighted by Gasteiger charge is 2.52. The Labute approximate surface area is 172 Å². The summed E-state index contributed by atoms with van der Waals surface area (Å²) >= 11 is 0. The largest absolute Gasteiger partial charge is 0.495 e. The molecule has 1 heterocycles. The van der Waals surface area contributed by atoms with E-state index in [2.05, 4.69) is 107 Å². The van der Waals surface area contributed by atoms with E-state index >= 15 is 0 Å². The summed E-state index contributed by atoms with van der Waals surface area (Å²) in [5.74, 6) is 0. The van der Waals surface area contributed by atoms with Crippen molar-refractivity contribution in [3.05, 3.63) is 78.9 Å². The van der Waals surface area contributed by atoms with Crippen LogP contribution >= 0.6 is 0 Å². The van der Waals surface area contributed by atoms with Gasteiger partial charge in [-0.2, -0.15) is 0 Å². The zero-order valence-corrected chi connectivity index (χ0v) is 17.4. The molecule has 2 nitrogen and oxygen atoms in total. The quantitative estimate of drug-likeness (QED) is 0.316. The van der Waals surface area contributed by atoms with Crippen LogP contribution in [0.3, 0.4) is 0 Å². The first-order chi connectivity index (χ1) is 13.9. The normalized spacial score (nSPS) is 17.9. The fourth-order valence-corrected chi connectivity index (χ4v) is 4.11. The van der Waals surface area contributed by atoms with E-state index in [0.29, 0.717) is 0 Å². The second-order valence-corrected chi connectivity index (χ2v) is 8.90. The van der Waals surface area contributed by atoms with E-state index in [1.807, 2.05) is 0 Å². The van der Waals surface area contributed by atoms with E-state index in [9.17, 15) is 0 Å². The lowest BCUT2D eigenvalue weighted by molar-refractivity contribution is 0.00578. The van der Waals surface area contributed by atoms with Crippen molar-refractivity contribution in [2.45, 2.75) is 38.9 Å². The maximum absolute atomic E-state index is 6.35. The molecule has 0 amide bonds. The molecular formula is C26H25BO2. The first-order valence-corrected chi connectivity index (χ1v) is 10.2. The molecule has 4 aromatic carbocycles. The van der Waals surface area contributed by atoms with Crippen LogP contribution in [-0.2, 0) is 9.31 Å². The first-order valence-electron chi connectivity index (χ1n) is 10.2. The zero-order valence-electron chi connectivity index (χ0n) is 17.4. The number of benzene rings is 4. The molecule has 0 aromatic heterocycles. The van der Waals surface area contributed by atoms with Crippen LogP contribution in [0, 0.1) is 0 Å². The average molecular weight is 380 g/mol. The Morgan fingerprint density at radius 1 is 0.621 bits per heavy atom. The van der Waals surface area contributed by atoms with E-state index in [4.69, 9.17) is 9.31 Å². The number of rotatable bonds is 2. The van der Waals surface area contributed by atoms with Gasteiger partial charge >= 0.3 is 7.12 Å². The Balaban J connectivity index is 1.66. The Hall–Kier alpha value is -2.62. The Kier molecular flexibility index (Phi) is 4.09. The summed E-state index contributed by atoms with van der Waals surface area (Å²) in [6.45, 7) is 8.38. The first kappa shape index (κ1) is 18.4. The van der Waals surface area contributed by atoms with Crippen molar-refractivity contribution in [2.24, 2.45) is 0 Å². The molecule has 144 valence electrons. The second kappa shape index (κ2) is 6.45. The second-order valence-electron chi connectivity index (χ2n) is 8.90.